The number of fused-ring (bicyclic) bond motifs is 1. The van der Waals surface area contributed by atoms with E-state index in [1.807, 2.05) is 42.5 Å². The van der Waals surface area contributed by atoms with E-state index in [-0.39, 0.29) is 24.5 Å². The molecule has 22 heavy (non-hydrogen) atoms. The minimum absolute atomic E-state index is 0. The molecule has 3 rings (SSSR count). The molecule has 0 aromatic heterocycles. The summed E-state index contributed by atoms with van der Waals surface area (Å²) in [6.45, 7) is 0.804. The van der Waals surface area contributed by atoms with Crippen LogP contribution in [0, 0.1) is 0 Å². The summed E-state index contributed by atoms with van der Waals surface area (Å²) in [5.74, 6) is 0. The lowest BCUT2D eigenvalue weighted by atomic mass is 10.1. The van der Waals surface area contributed by atoms with Crippen LogP contribution in [0.15, 0.2) is 42.5 Å². The lowest BCUT2D eigenvalue weighted by Crippen LogP contribution is -2.39. The largest absolute Gasteiger partial charge is 0.336 e. The summed E-state index contributed by atoms with van der Waals surface area (Å²) in [7, 11) is 0. The van der Waals surface area contributed by atoms with Gasteiger partial charge in [-0.25, -0.2) is 9.18 Å². The summed E-state index contributed by atoms with van der Waals surface area (Å²) in [4.78, 5) is 11.8. The fraction of sp³-hybridized carbons (Fsp3) is 0.312. The first-order chi connectivity index (χ1) is 10.2. The number of carbonyl (C=O) groups excluding carboxylic acids is 1. The van der Waals surface area contributed by atoms with Crippen LogP contribution in [-0.4, -0.2) is 31.3 Å². The third-order valence-electron chi connectivity index (χ3n) is 3.68. The van der Waals surface area contributed by atoms with E-state index >= 15 is 0 Å². The maximum absolute atomic E-state index is 13.0. The van der Waals surface area contributed by atoms with E-state index in [0.717, 1.165) is 16.5 Å². The van der Waals surface area contributed by atoms with Gasteiger partial charge >= 0.3 is 6.03 Å². The molecule has 2 aromatic rings. The Morgan fingerprint density at radius 3 is 2.73 bits per heavy atom. The molecule has 118 valence electrons. The van der Waals surface area contributed by atoms with E-state index in [2.05, 4.69) is 16.0 Å². The second-order valence-corrected chi connectivity index (χ2v) is 5.34. The zero-order valence-corrected chi connectivity index (χ0v) is 12.8. The van der Waals surface area contributed by atoms with Crippen LogP contribution >= 0.6 is 12.4 Å². The Morgan fingerprint density at radius 2 is 2.00 bits per heavy atom. The highest BCUT2D eigenvalue weighted by molar-refractivity contribution is 5.93. The zero-order valence-electron chi connectivity index (χ0n) is 12.0. The number of benzene rings is 2. The number of nitrogens with one attached hydrogen (secondary N) is 3. The summed E-state index contributed by atoms with van der Waals surface area (Å²) in [6, 6.07) is 13.5. The Morgan fingerprint density at radius 1 is 1.23 bits per heavy atom. The van der Waals surface area contributed by atoms with Crippen molar-refractivity contribution in [2.45, 2.75) is 18.6 Å². The third-order valence-corrected chi connectivity index (χ3v) is 3.68. The SMILES string of the molecule is Cl.O=C(NC[C@@H]1C[C@H](F)CN1)Nc1ccc2ccccc2c1. The fourth-order valence-corrected chi connectivity index (χ4v) is 2.58. The minimum Gasteiger partial charge on any atom is -0.336 e. The molecular formula is C16H19ClFN3O. The van der Waals surface area contributed by atoms with Gasteiger partial charge in [-0.2, -0.15) is 0 Å². The van der Waals surface area contributed by atoms with Crippen molar-refractivity contribution in [1.29, 1.82) is 0 Å². The minimum atomic E-state index is -0.805. The van der Waals surface area contributed by atoms with Gasteiger partial charge in [-0.15, -0.1) is 12.4 Å². The number of halogens is 2. The van der Waals surface area contributed by atoms with Gasteiger partial charge in [-0.3, -0.25) is 0 Å². The number of rotatable bonds is 3. The molecule has 0 radical (unpaired) electrons. The molecule has 1 fully saturated rings. The highest BCUT2D eigenvalue weighted by Gasteiger charge is 2.23. The van der Waals surface area contributed by atoms with Crippen molar-refractivity contribution >= 4 is 34.9 Å². The number of urea groups is 1. The molecule has 0 spiro atoms. The van der Waals surface area contributed by atoms with Crippen LogP contribution in [0.1, 0.15) is 6.42 Å². The molecule has 1 aliphatic rings. The average molecular weight is 324 g/mol. The lowest BCUT2D eigenvalue weighted by molar-refractivity contribution is 0.251. The molecule has 1 heterocycles. The van der Waals surface area contributed by atoms with Crippen molar-refractivity contribution < 1.29 is 9.18 Å². The van der Waals surface area contributed by atoms with Crippen molar-refractivity contribution in [3.8, 4) is 0 Å². The quantitative estimate of drug-likeness (QED) is 0.813. The first-order valence-corrected chi connectivity index (χ1v) is 7.12. The van der Waals surface area contributed by atoms with Gasteiger partial charge < -0.3 is 16.0 Å². The number of hydrogen-bond donors (Lipinski definition) is 3. The van der Waals surface area contributed by atoms with Crippen LogP contribution in [-0.2, 0) is 0 Å². The predicted molar refractivity (Wildman–Crippen MR) is 89.5 cm³/mol. The maximum Gasteiger partial charge on any atom is 0.319 e. The van der Waals surface area contributed by atoms with Crippen LogP contribution in [0.5, 0.6) is 0 Å². The molecule has 1 saturated heterocycles. The molecule has 0 bridgehead atoms. The Labute approximate surface area is 134 Å². The molecule has 0 saturated carbocycles. The third kappa shape index (κ3) is 4.08. The monoisotopic (exact) mass is 323 g/mol. The van der Waals surface area contributed by atoms with Gasteiger partial charge in [0.15, 0.2) is 0 Å². The van der Waals surface area contributed by atoms with Crippen LogP contribution in [0.25, 0.3) is 10.8 Å². The number of hydrogen-bond acceptors (Lipinski definition) is 2. The first-order valence-electron chi connectivity index (χ1n) is 7.12. The second-order valence-electron chi connectivity index (χ2n) is 5.34. The smallest absolute Gasteiger partial charge is 0.319 e. The van der Waals surface area contributed by atoms with Crippen molar-refractivity contribution in [2.24, 2.45) is 0 Å². The van der Waals surface area contributed by atoms with Crippen molar-refractivity contribution in [3.63, 3.8) is 0 Å². The van der Waals surface area contributed by atoms with Crippen molar-refractivity contribution in [3.05, 3.63) is 42.5 Å². The average Bonchev–Trinajstić information content (AvgIpc) is 2.91. The highest BCUT2D eigenvalue weighted by atomic mass is 35.5. The van der Waals surface area contributed by atoms with E-state index in [1.54, 1.807) is 0 Å². The number of carbonyl (C=O) groups is 1. The summed E-state index contributed by atoms with van der Waals surface area (Å²) >= 11 is 0. The van der Waals surface area contributed by atoms with Crippen LogP contribution < -0.4 is 16.0 Å². The van der Waals surface area contributed by atoms with Crippen molar-refractivity contribution in [2.75, 3.05) is 18.4 Å². The Hall–Kier alpha value is -1.85. The number of amides is 2. The van der Waals surface area contributed by atoms with E-state index < -0.39 is 6.17 Å². The van der Waals surface area contributed by atoms with Crippen LogP contribution in [0.4, 0.5) is 14.9 Å². The van der Waals surface area contributed by atoms with Gasteiger partial charge in [0.05, 0.1) is 0 Å². The van der Waals surface area contributed by atoms with E-state index in [1.165, 1.54) is 0 Å². The molecule has 1 aliphatic heterocycles. The molecule has 6 heteroatoms. The Bertz CT molecular complexity index is 652. The molecule has 3 N–H and O–H groups in total. The molecule has 4 nitrogen and oxygen atoms in total. The van der Waals surface area contributed by atoms with E-state index in [4.69, 9.17) is 0 Å². The van der Waals surface area contributed by atoms with Gasteiger partial charge in [-0.1, -0.05) is 30.3 Å². The summed E-state index contributed by atoms with van der Waals surface area (Å²) < 4.78 is 13.0. The molecule has 0 aliphatic carbocycles. The maximum atomic E-state index is 13.0. The highest BCUT2D eigenvalue weighted by Crippen LogP contribution is 2.18. The van der Waals surface area contributed by atoms with Gasteiger partial charge in [0, 0.05) is 24.8 Å². The Kier molecular flexibility index (Phi) is 5.57. The first kappa shape index (κ1) is 16.5. The zero-order chi connectivity index (χ0) is 14.7. The summed E-state index contributed by atoms with van der Waals surface area (Å²) in [5.41, 5.74) is 0.744. The lowest BCUT2D eigenvalue weighted by Gasteiger charge is -2.12. The van der Waals surface area contributed by atoms with Crippen LogP contribution in [0.3, 0.4) is 0 Å². The van der Waals surface area contributed by atoms with Gasteiger partial charge in [0.25, 0.3) is 0 Å². The summed E-state index contributed by atoms with van der Waals surface area (Å²) in [6.07, 6.45) is -0.351. The van der Waals surface area contributed by atoms with Gasteiger partial charge in [-0.05, 0) is 29.3 Å². The van der Waals surface area contributed by atoms with E-state index in [9.17, 15) is 9.18 Å². The molecule has 2 aromatic carbocycles. The molecular weight excluding hydrogens is 305 g/mol. The number of alkyl halides is 1. The molecule has 2 atom stereocenters. The number of anilines is 1. The van der Waals surface area contributed by atoms with Crippen molar-refractivity contribution in [1.82, 2.24) is 10.6 Å². The van der Waals surface area contributed by atoms with E-state index in [0.29, 0.717) is 19.5 Å². The topological polar surface area (TPSA) is 53.2 Å². The summed E-state index contributed by atoms with van der Waals surface area (Å²) in [5, 5.41) is 10.8. The second kappa shape index (κ2) is 7.42. The molecule has 0 unspecified atom stereocenters. The van der Waals surface area contributed by atoms with Gasteiger partial charge in [0.1, 0.15) is 6.17 Å². The van der Waals surface area contributed by atoms with Crippen LogP contribution in [0.2, 0.25) is 0 Å². The molecule has 2 amide bonds. The normalized spacial score (nSPS) is 20.4. The predicted octanol–water partition coefficient (Wildman–Crippen LogP) is 3.08. The van der Waals surface area contributed by atoms with Gasteiger partial charge in [0.2, 0.25) is 0 Å². The fourth-order valence-electron chi connectivity index (χ4n) is 2.58. The Balaban J connectivity index is 0.00000176. The standard InChI is InChI=1S/C16H18FN3O.ClH/c17-13-8-15(18-9-13)10-19-16(21)20-14-6-5-11-3-1-2-4-12(11)7-14;/h1-7,13,15,18H,8-10H2,(H2,19,20,21);1H/t13-,15-;/m0./s1.